The third-order valence-electron chi connectivity index (χ3n) is 5.44. The number of rotatable bonds is 6. The maximum atomic E-state index is 12.9. The van der Waals surface area contributed by atoms with Crippen molar-refractivity contribution in [2.75, 3.05) is 6.54 Å². The summed E-state index contributed by atoms with van der Waals surface area (Å²) in [6.07, 6.45) is 6.62. The van der Waals surface area contributed by atoms with Gasteiger partial charge in [0, 0.05) is 25.3 Å². The number of hydrogen-bond acceptors (Lipinski definition) is 3. The van der Waals surface area contributed by atoms with Crippen LogP contribution in [0.25, 0.3) is 6.08 Å². The Balaban J connectivity index is 1.75. The third kappa shape index (κ3) is 3.95. The zero-order valence-electron chi connectivity index (χ0n) is 15.8. The Bertz CT molecular complexity index is 751. The minimum Gasteiger partial charge on any atom is -0.356 e. The number of aryl methyl sites for hydroxylation is 2. The van der Waals surface area contributed by atoms with Crippen LogP contribution in [0.2, 0.25) is 0 Å². The number of Topliss-reactive ketones (excluding diaryl/α,β-unsaturated/α-hetero) is 2. The van der Waals surface area contributed by atoms with E-state index >= 15 is 0 Å². The Morgan fingerprint density at radius 1 is 1.19 bits per heavy atom. The molecule has 1 aromatic rings. The van der Waals surface area contributed by atoms with Gasteiger partial charge in [-0.25, -0.2) is 0 Å². The molecule has 3 rings (SSSR count). The molecular weight excluding hydrogens is 326 g/mol. The lowest BCUT2D eigenvalue weighted by molar-refractivity contribution is -0.128. The molecule has 26 heavy (non-hydrogen) atoms. The summed E-state index contributed by atoms with van der Waals surface area (Å²) in [7, 11) is 0. The summed E-state index contributed by atoms with van der Waals surface area (Å²) < 4.78 is 0. The van der Waals surface area contributed by atoms with Gasteiger partial charge in [-0.3, -0.25) is 14.4 Å². The second-order valence-corrected chi connectivity index (χ2v) is 7.72. The van der Waals surface area contributed by atoms with Gasteiger partial charge >= 0.3 is 0 Å². The average Bonchev–Trinajstić information content (AvgIpc) is 3.35. The molecule has 0 spiro atoms. The Morgan fingerprint density at radius 2 is 1.85 bits per heavy atom. The molecule has 1 aromatic carbocycles. The van der Waals surface area contributed by atoms with Gasteiger partial charge < -0.3 is 5.32 Å². The number of hydrogen-bond donors (Lipinski definition) is 1. The molecule has 2 aliphatic carbocycles. The summed E-state index contributed by atoms with van der Waals surface area (Å²) in [6.45, 7) is 6.56. The Kier molecular flexibility index (Phi) is 5.40. The molecule has 1 amide bonds. The second-order valence-electron chi connectivity index (χ2n) is 7.72. The van der Waals surface area contributed by atoms with Gasteiger partial charge in [0.05, 0.1) is 0 Å². The molecular formula is C22H27NO3. The van der Waals surface area contributed by atoms with E-state index in [1.807, 2.05) is 45.1 Å². The fraction of sp³-hybridized carbons (Fsp3) is 0.500. The van der Waals surface area contributed by atoms with Crippen molar-refractivity contribution in [1.82, 2.24) is 5.32 Å². The molecule has 0 radical (unpaired) electrons. The summed E-state index contributed by atoms with van der Waals surface area (Å²) in [4.78, 5) is 37.6. The number of amides is 1. The molecule has 1 N–H and O–H groups in total. The molecule has 2 saturated carbocycles. The highest BCUT2D eigenvalue weighted by atomic mass is 16.2. The van der Waals surface area contributed by atoms with E-state index < -0.39 is 11.8 Å². The lowest BCUT2D eigenvalue weighted by Crippen LogP contribution is -2.29. The molecule has 4 nitrogen and oxygen atoms in total. The molecule has 0 bridgehead atoms. The first-order valence-corrected chi connectivity index (χ1v) is 9.47. The minimum atomic E-state index is -0.712. The lowest BCUT2D eigenvalue weighted by Gasteiger charge is -2.16. The van der Waals surface area contributed by atoms with Crippen LogP contribution in [0.1, 0.15) is 60.8 Å². The van der Waals surface area contributed by atoms with E-state index in [1.54, 1.807) is 0 Å². The van der Waals surface area contributed by atoms with Crippen LogP contribution in [-0.2, 0) is 14.4 Å². The average molecular weight is 353 g/mol. The van der Waals surface area contributed by atoms with Crippen molar-refractivity contribution in [3.8, 4) is 0 Å². The highest BCUT2D eigenvalue weighted by Gasteiger charge is 2.43. The van der Waals surface area contributed by atoms with Gasteiger partial charge in [0.25, 0.3) is 0 Å². The summed E-state index contributed by atoms with van der Waals surface area (Å²) in [6, 6.07) is 4.02. The van der Waals surface area contributed by atoms with Crippen LogP contribution in [0.4, 0.5) is 0 Å². The third-order valence-corrected chi connectivity index (χ3v) is 5.44. The van der Waals surface area contributed by atoms with Crippen LogP contribution in [-0.4, -0.2) is 24.0 Å². The van der Waals surface area contributed by atoms with Gasteiger partial charge in [-0.2, -0.15) is 0 Å². The first kappa shape index (κ1) is 18.6. The minimum absolute atomic E-state index is 0.0556. The van der Waals surface area contributed by atoms with Gasteiger partial charge in [0.2, 0.25) is 5.91 Å². The van der Waals surface area contributed by atoms with Gasteiger partial charge in [0.1, 0.15) is 11.7 Å². The van der Waals surface area contributed by atoms with Gasteiger partial charge in [-0.05, 0) is 61.8 Å². The fourth-order valence-corrected chi connectivity index (χ4v) is 3.96. The quantitative estimate of drug-likeness (QED) is 0.796. The number of nitrogens with one attached hydrogen (secondary N) is 1. The van der Waals surface area contributed by atoms with Crippen molar-refractivity contribution >= 4 is 23.5 Å². The fourth-order valence-electron chi connectivity index (χ4n) is 3.96. The number of allylic oxidation sites excluding steroid dienone is 1. The standard InChI is InChI=1S/C22H27NO3/c1-4-5-16-8-13(2)20(14(3)9-16)21-18(24)10-17(22(21)26)11-19(25)23-12-15-6-7-15/h4-5,8-9,15,17,21H,6-7,10-12H2,1-3H3,(H,23,25)/b5-4+. The van der Waals surface area contributed by atoms with E-state index in [0.717, 1.165) is 22.3 Å². The molecule has 0 aromatic heterocycles. The van der Waals surface area contributed by atoms with Crippen molar-refractivity contribution in [2.24, 2.45) is 11.8 Å². The molecule has 138 valence electrons. The monoisotopic (exact) mass is 353 g/mol. The van der Waals surface area contributed by atoms with Gasteiger partial charge in [0.15, 0.2) is 5.78 Å². The largest absolute Gasteiger partial charge is 0.356 e. The summed E-state index contributed by atoms with van der Waals surface area (Å²) in [5.74, 6) is -0.854. The maximum absolute atomic E-state index is 12.9. The first-order valence-electron chi connectivity index (χ1n) is 9.47. The van der Waals surface area contributed by atoms with Crippen LogP contribution in [0.5, 0.6) is 0 Å². The summed E-state index contributed by atoms with van der Waals surface area (Å²) in [5, 5.41) is 2.90. The molecule has 0 aliphatic heterocycles. The molecule has 2 atom stereocenters. The SMILES string of the molecule is C/C=C/c1cc(C)c(C2C(=O)CC(CC(=O)NCC3CC3)C2=O)c(C)c1. The second kappa shape index (κ2) is 7.56. The highest BCUT2D eigenvalue weighted by Crippen LogP contribution is 2.37. The summed E-state index contributed by atoms with van der Waals surface area (Å²) in [5.41, 5.74) is 3.82. The predicted molar refractivity (Wildman–Crippen MR) is 102 cm³/mol. The normalized spacial score (nSPS) is 23.0. The predicted octanol–water partition coefficient (Wildman–Crippen LogP) is 3.49. The van der Waals surface area contributed by atoms with Gasteiger partial charge in [-0.1, -0.05) is 24.3 Å². The van der Waals surface area contributed by atoms with E-state index in [-0.39, 0.29) is 30.3 Å². The highest BCUT2D eigenvalue weighted by molar-refractivity contribution is 6.15. The zero-order chi connectivity index (χ0) is 18.8. The van der Waals surface area contributed by atoms with Crippen molar-refractivity contribution in [2.45, 2.75) is 52.4 Å². The number of ketones is 2. The molecule has 0 saturated heterocycles. The summed E-state index contributed by atoms with van der Waals surface area (Å²) >= 11 is 0. The molecule has 4 heteroatoms. The molecule has 2 fully saturated rings. The molecule has 2 unspecified atom stereocenters. The Labute approximate surface area is 155 Å². The van der Waals surface area contributed by atoms with Crippen molar-refractivity contribution < 1.29 is 14.4 Å². The van der Waals surface area contributed by atoms with E-state index in [4.69, 9.17) is 0 Å². The van der Waals surface area contributed by atoms with E-state index in [1.165, 1.54) is 12.8 Å². The van der Waals surface area contributed by atoms with Crippen LogP contribution in [0.15, 0.2) is 18.2 Å². The topological polar surface area (TPSA) is 63.2 Å². The lowest BCUT2D eigenvalue weighted by atomic mass is 9.86. The van der Waals surface area contributed by atoms with E-state index in [0.29, 0.717) is 12.5 Å². The maximum Gasteiger partial charge on any atom is 0.220 e. The molecule has 2 aliphatic rings. The van der Waals surface area contributed by atoms with E-state index in [2.05, 4.69) is 5.32 Å². The zero-order valence-corrected chi connectivity index (χ0v) is 15.8. The Morgan fingerprint density at radius 3 is 2.42 bits per heavy atom. The van der Waals surface area contributed by atoms with E-state index in [9.17, 15) is 14.4 Å². The number of benzene rings is 1. The van der Waals surface area contributed by atoms with Crippen molar-refractivity contribution in [3.05, 3.63) is 40.5 Å². The van der Waals surface area contributed by atoms with Crippen molar-refractivity contribution in [3.63, 3.8) is 0 Å². The smallest absolute Gasteiger partial charge is 0.220 e. The number of carbonyl (C=O) groups is 3. The van der Waals surface area contributed by atoms with Crippen molar-refractivity contribution in [1.29, 1.82) is 0 Å². The van der Waals surface area contributed by atoms with Crippen LogP contribution in [0.3, 0.4) is 0 Å². The number of carbonyl (C=O) groups excluding carboxylic acids is 3. The molecule has 0 heterocycles. The van der Waals surface area contributed by atoms with Crippen LogP contribution < -0.4 is 5.32 Å². The first-order chi connectivity index (χ1) is 12.4. The Hall–Kier alpha value is -2.23. The van der Waals surface area contributed by atoms with Crippen LogP contribution >= 0.6 is 0 Å². The van der Waals surface area contributed by atoms with Crippen LogP contribution in [0, 0.1) is 25.7 Å². The van der Waals surface area contributed by atoms with Gasteiger partial charge in [-0.15, -0.1) is 0 Å².